The summed E-state index contributed by atoms with van der Waals surface area (Å²) in [5, 5.41) is 11.8. The van der Waals surface area contributed by atoms with Crippen LogP contribution in [0.2, 0.25) is 0 Å². The molecule has 0 rings (SSSR count). The van der Waals surface area contributed by atoms with Crippen molar-refractivity contribution in [2.24, 2.45) is 0 Å². The van der Waals surface area contributed by atoms with Gasteiger partial charge in [-0.25, -0.2) is 0 Å². The molecule has 0 N–H and O–H groups in total. The number of hydrogen-bond acceptors (Lipinski definition) is 8. The molecule has 2 atom stereocenters. The zero-order valence-electron chi connectivity index (χ0n) is 52.1. The molecule has 0 radical (unpaired) electrons. The van der Waals surface area contributed by atoms with Crippen LogP contribution >= 0.6 is 0 Å². The summed E-state index contributed by atoms with van der Waals surface area (Å²) in [5.74, 6) is -2.31. The monoisotopic (exact) mass is 1120 g/mol. The number of carboxylic acids is 1. The van der Waals surface area contributed by atoms with Gasteiger partial charge in [-0.2, -0.15) is 0 Å². The first kappa shape index (κ1) is 76.2. The van der Waals surface area contributed by atoms with Crippen molar-refractivity contribution in [1.82, 2.24) is 0 Å². The van der Waals surface area contributed by atoms with Crippen LogP contribution in [0.1, 0.15) is 232 Å². The minimum Gasteiger partial charge on any atom is -0.545 e. The molecular weight excluding hydrogens is 1010 g/mol. The summed E-state index contributed by atoms with van der Waals surface area (Å²) in [6.45, 7) is 4.49. The van der Waals surface area contributed by atoms with E-state index in [2.05, 4.69) is 160 Å². The molecule has 2 unspecified atom stereocenters. The molecule has 0 spiro atoms. The fourth-order valence-corrected chi connectivity index (χ4v) is 8.25. The summed E-state index contributed by atoms with van der Waals surface area (Å²) in [6, 6.07) is 0. The Morgan fingerprint density at radius 2 is 0.667 bits per heavy atom. The molecule has 0 aliphatic heterocycles. The molecule has 9 heteroatoms. The molecule has 0 aliphatic rings. The van der Waals surface area contributed by atoms with Crippen molar-refractivity contribution in [3.63, 3.8) is 0 Å². The highest BCUT2D eigenvalue weighted by molar-refractivity contribution is 5.70. The van der Waals surface area contributed by atoms with Crippen LogP contribution in [-0.2, 0) is 33.3 Å². The van der Waals surface area contributed by atoms with Crippen LogP contribution in [0.3, 0.4) is 0 Å². The molecule has 0 fully saturated rings. The van der Waals surface area contributed by atoms with Crippen molar-refractivity contribution in [3.05, 3.63) is 146 Å². The maximum atomic E-state index is 12.9. The first-order valence-electron chi connectivity index (χ1n) is 32.0. The number of likely N-dealkylation sites (N-methyl/N-ethyl adjacent to an activating group) is 1. The standard InChI is InChI=1S/C72H117NO8/c1-6-8-10-12-14-16-18-20-22-24-26-28-30-31-32-33-34-35-36-37-38-39-41-43-45-47-49-51-53-55-57-59-61-63-70(75)81-68(67-80-72(71(76)77)78-65-64-73(3,4)5)66-79-69(74)62-60-58-56-54-52-50-48-46-44-42-40-29-27-25-23-21-19-17-15-13-11-9-7-2/h8-11,14-17,20-23,26-29,31-32,34-35,37-38,41,43,68,72H,6-7,12-13,18-19,24-25,30,33,36,39-40,42,44-67H2,1-5H3/b10-8-,11-9-,16-14-,17-15-,22-20-,23-21-,28-26-,29-27-,32-31-,35-34-,38-37-,43-41-. The smallest absolute Gasteiger partial charge is 0.306 e. The van der Waals surface area contributed by atoms with Crippen molar-refractivity contribution in [3.8, 4) is 0 Å². The Morgan fingerprint density at radius 3 is 0.988 bits per heavy atom. The zero-order valence-corrected chi connectivity index (χ0v) is 52.1. The highest BCUT2D eigenvalue weighted by Crippen LogP contribution is 2.15. The summed E-state index contributed by atoms with van der Waals surface area (Å²) in [5.41, 5.74) is 0. The largest absolute Gasteiger partial charge is 0.545 e. The number of allylic oxidation sites excluding steroid dienone is 24. The van der Waals surface area contributed by atoms with Crippen LogP contribution in [0.25, 0.3) is 0 Å². The third-order valence-corrected chi connectivity index (χ3v) is 13.1. The van der Waals surface area contributed by atoms with E-state index >= 15 is 0 Å². The van der Waals surface area contributed by atoms with Gasteiger partial charge in [0.1, 0.15) is 13.2 Å². The van der Waals surface area contributed by atoms with E-state index in [9.17, 15) is 19.5 Å². The Balaban J connectivity index is 4.25. The first-order valence-corrected chi connectivity index (χ1v) is 32.0. The number of esters is 2. The third-order valence-electron chi connectivity index (χ3n) is 13.1. The predicted molar refractivity (Wildman–Crippen MR) is 342 cm³/mol. The second kappa shape index (κ2) is 61.2. The van der Waals surface area contributed by atoms with Gasteiger partial charge >= 0.3 is 11.9 Å². The highest BCUT2D eigenvalue weighted by atomic mass is 16.7. The van der Waals surface area contributed by atoms with E-state index in [1.807, 2.05) is 21.1 Å². The predicted octanol–water partition coefficient (Wildman–Crippen LogP) is 18.2. The number of quaternary nitrogens is 1. The van der Waals surface area contributed by atoms with E-state index in [-0.39, 0.29) is 38.6 Å². The molecule has 0 aliphatic carbocycles. The van der Waals surface area contributed by atoms with E-state index in [0.717, 1.165) is 135 Å². The van der Waals surface area contributed by atoms with Crippen molar-refractivity contribution < 1.29 is 42.9 Å². The Labute approximate surface area is 496 Å². The molecule has 0 heterocycles. The normalized spacial score (nSPS) is 13.7. The average Bonchev–Trinajstić information content (AvgIpc) is 3.44. The van der Waals surface area contributed by atoms with Gasteiger partial charge < -0.3 is 33.3 Å². The Morgan fingerprint density at radius 1 is 0.370 bits per heavy atom. The summed E-state index contributed by atoms with van der Waals surface area (Å²) < 4.78 is 22.7. The third kappa shape index (κ3) is 62.6. The number of carbonyl (C=O) groups excluding carboxylic acids is 3. The van der Waals surface area contributed by atoms with E-state index < -0.39 is 24.3 Å². The van der Waals surface area contributed by atoms with Gasteiger partial charge in [0.25, 0.3) is 0 Å². The SMILES string of the molecule is CC/C=C\C/C=C\C/C=C\C/C=C\C/C=C\C/C=C\C/C=C\C/C=C\CCCCCCCCCCC(=O)OC(COC(=O)CCCCCCCCCCCC/C=C\C/C=C\C/C=C\C/C=C\CC)COC(OCC[N+](C)(C)C)C(=O)[O-]. The highest BCUT2D eigenvalue weighted by Gasteiger charge is 2.22. The van der Waals surface area contributed by atoms with Crippen LogP contribution in [0, 0.1) is 0 Å². The van der Waals surface area contributed by atoms with Crippen LogP contribution in [0.4, 0.5) is 0 Å². The van der Waals surface area contributed by atoms with Crippen LogP contribution in [0.5, 0.6) is 0 Å². The molecule has 0 bridgehead atoms. The van der Waals surface area contributed by atoms with E-state index in [1.54, 1.807) is 0 Å². The fourth-order valence-electron chi connectivity index (χ4n) is 8.25. The van der Waals surface area contributed by atoms with Gasteiger partial charge in [-0.05, 0) is 116 Å². The first-order chi connectivity index (χ1) is 39.6. The second-order valence-corrected chi connectivity index (χ2v) is 21.9. The van der Waals surface area contributed by atoms with Crippen molar-refractivity contribution in [2.45, 2.75) is 245 Å². The maximum Gasteiger partial charge on any atom is 0.306 e. The minimum absolute atomic E-state index is 0.137. The Kier molecular flexibility index (Phi) is 57.6. The van der Waals surface area contributed by atoms with Crippen molar-refractivity contribution >= 4 is 17.9 Å². The van der Waals surface area contributed by atoms with Crippen LogP contribution < -0.4 is 5.11 Å². The van der Waals surface area contributed by atoms with Gasteiger partial charge in [0.15, 0.2) is 12.4 Å². The van der Waals surface area contributed by atoms with Crippen molar-refractivity contribution in [1.29, 1.82) is 0 Å². The van der Waals surface area contributed by atoms with Crippen molar-refractivity contribution in [2.75, 3.05) is 47.5 Å². The molecular formula is C72H117NO8. The molecule has 0 aromatic carbocycles. The summed E-state index contributed by atoms with van der Waals surface area (Å²) in [6.07, 6.45) is 86.1. The van der Waals surface area contributed by atoms with Crippen LogP contribution in [-0.4, -0.2) is 82.3 Å². The zero-order chi connectivity index (χ0) is 59.1. The molecule has 81 heavy (non-hydrogen) atoms. The number of hydrogen-bond donors (Lipinski definition) is 0. The number of aliphatic carboxylic acids is 1. The number of ether oxygens (including phenoxy) is 4. The van der Waals surface area contributed by atoms with E-state index in [1.165, 1.54) is 64.2 Å². The second-order valence-electron chi connectivity index (χ2n) is 21.9. The average molecular weight is 1120 g/mol. The number of rotatable bonds is 57. The number of nitrogens with zero attached hydrogens (tertiary/aromatic N) is 1. The van der Waals surface area contributed by atoms with Gasteiger partial charge in [0.05, 0.1) is 40.3 Å². The molecule has 9 nitrogen and oxygen atoms in total. The summed E-state index contributed by atoms with van der Waals surface area (Å²) >= 11 is 0. The molecule has 458 valence electrons. The lowest BCUT2D eigenvalue weighted by atomic mass is 10.1. The number of unbranched alkanes of at least 4 members (excludes halogenated alkanes) is 18. The summed E-state index contributed by atoms with van der Waals surface area (Å²) in [4.78, 5) is 37.4. The fraction of sp³-hybridized carbons (Fsp3) is 0.625. The van der Waals surface area contributed by atoms with Gasteiger partial charge in [-0.15, -0.1) is 0 Å². The molecule has 0 saturated heterocycles. The molecule has 0 aromatic heterocycles. The van der Waals surface area contributed by atoms with E-state index in [0.29, 0.717) is 17.4 Å². The Hall–Kier alpha value is -4.83. The topological polar surface area (TPSA) is 111 Å². The molecule has 0 saturated carbocycles. The Bertz CT molecular complexity index is 1840. The number of carbonyl (C=O) groups is 3. The lowest BCUT2D eigenvalue weighted by Gasteiger charge is -2.26. The van der Waals surface area contributed by atoms with E-state index in [4.69, 9.17) is 18.9 Å². The molecule has 0 aromatic rings. The van der Waals surface area contributed by atoms with Gasteiger partial charge in [0.2, 0.25) is 0 Å². The number of carboxylic acid groups (broad SMARTS) is 1. The quantitative estimate of drug-likeness (QED) is 0.0195. The van der Waals surface area contributed by atoms with Gasteiger partial charge in [-0.3, -0.25) is 9.59 Å². The minimum atomic E-state index is -1.63. The van der Waals surface area contributed by atoms with Gasteiger partial charge in [0, 0.05) is 12.8 Å². The van der Waals surface area contributed by atoms with Gasteiger partial charge in [-0.1, -0.05) is 250 Å². The lowest BCUT2D eigenvalue weighted by Crippen LogP contribution is -2.44. The summed E-state index contributed by atoms with van der Waals surface area (Å²) in [7, 11) is 5.91. The maximum absolute atomic E-state index is 12.9. The lowest BCUT2D eigenvalue weighted by molar-refractivity contribution is -0.870. The molecule has 0 amide bonds. The van der Waals surface area contributed by atoms with Crippen LogP contribution in [0.15, 0.2) is 146 Å².